The molecule has 2 N–H and O–H groups in total. The molecule has 0 bridgehead atoms. The Bertz CT molecular complexity index is 411. The Labute approximate surface area is 147 Å². The van der Waals surface area contributed by atoms with Crippen LogP contribution in [0.1, 0.15) is 66.2 Å². The minimum Gasteiger partial charge on any atom is -0.444 e. The highest BCUT2D eigenvalue weighted by Crippen LogP contribution is 2.31. The van der Waals surface area contributed by atoms with Gasteiger partial charge in [0.15, 0.2) is 0 Å². The van der Waals surface area contributed by atoms with Crippen molar-refractivity contribution < 1.29 is 14.6 Å². The number of hydrogen-bond acceptors (Lipinski definition) is 4. The van der Waals surface area contributed by atoms with Crippen LogP contribution in [0.25, 0.3) is 0 Å². The molecule has 1 saturated heterocycles. The molecule has 24 heavy (non-hydrogen) atoms. The Hall–Kier alpha value is -0.810. The lowest BCUT2D eigenvalue weighted by atomic mass is 9.79. The first-order chi connectivity index (χ1) is 11.2. The largest absolute Gasteiger partial charge is 0.444 e. The molecule has 0 aromatic carbocycles. The predicted molar refractivity (Wildman–Crippen MR) is 96.0 cm³/mol. The maximum atomic E-state index is 12.2. The van der Waals surface area contributed by atoms with Gasteiger partial charge in [-0.1, -0.05) is 6.92 Å². The van der Waals surface area contributed by atoms with Gasteiger partial charge in [-0.25, -0.2) is 4.79 Å². The van der Waals surface area contributed by atoms with Crippen LogP contribution in [-0.2, 0) is 4.74 Å². The summed E-state index contributed by atoms with van der Waals surface area (Å²) < 4.78 is 5.48. The molecule has 2 rings (SSSR count). The van der Waals surface area contributed by atoms with Crippen molar-refractivity contribution in [2.24, 2.45) is 11.8 Å². The summed E-state index contributed by atoms with van der Waals surface area (Å²) in [6.07, 6.45) is 5.98. The highest BCUT2D eigenvalue weighted by Gasteiger charge is 2.32. The van der Waals surface area contributed by atoms with E-state index in [4.69, 9.17) is 4.74 Å². The minimum atomic E-state index is -0.536. The summed E-state index contributed by atoms with van der Waals surface area (Å²) in [5.74, 6) is 1.18. The monoisotopic (exact) mass is 340 g/mol. The van der Waals surface area contributed by atoms with Crippen LogP contribution in [0.4, 0.5) is 4.79 Å². The average molecular weight is 341 g/mol. The zero-order valence-corrected chi connectivity index (χ0v) is 15.9. The molecule has 1 heterocycles. The Morgan fingerprint density at radius 3 is 2.58 bits per heavy atom. The van der Waals surface area contributed by atoms with Crippen molar-refractivity contribution in [3.63, 3.8) is 0 Å². The Morgan fingerprint density at radius 1 is 1.29 bits per heavy atom. The molecule has 2 aliphatic rings. The number of aliphatic hydroxyl groups is 1. The number of rotatable bonds is 4. The molecule has 1 amide bonds. The first-order valence-corrected chi connectivity index (χ1v) is 9.58. The Balaban J connectivity index is 1.72. The second-order valence-corrected chi connectivity index (χ2v) is 8.97. The van der Waals surface area contributed by atoms with E-state index >= 15 is 0 Å². The van der Waals surface area contributed by atoms with Gasteiger partial charge in [0.2, 0.25) is 0 Å². The van der Waals surface area contributed by atoms with E-state index in [2.05, 4.69) is 12.2 Å². The highest BCUT2D eigenvalue weighted by atomic mass is 16.6. The molecule has 5 heteroatoms. The molecule has 1 unspecified atom stereocenters. The molecule has 1 saturated carbocycles. The smallest absolute Gasteiger partial charge is 0.410 e. The van der Waals surface area contributed by atoms with Crippen molar-refractivity contribution in [3.8, 4) is 0 Å². The third kappa shape index (κ3) is 6.25. The van der Waals surface area contributed by atoms with Crippen LogP contribution in [0.15, 0.2) is 0 Å². The van der Waals surface area contributed by atoms with Gasteiger partial charge in [0.25, 0.3) is 0 Å². The van der Waals surface area contributed by atoms with E-state index in [1.807, 2.05) is 25.7 Å². The molecule has 0 radical (unpaired) electrons. The zero-order valence-electron chi connectivity index (χ0n) is 15.9. The molecule has 140 valence electrons. The van der Waals surface area contributed by atoms with Gasteiger partial charge >= 0.3 is 6.09 Å². The zero-order chi connectivity index (χ0) is 17.8. The predicted octanol–water partition coefficient (Wildman–Crippen LogP) is 3.16. The number of nitrogens with one attached hydrogen (secondary N) is 1. The van der Waals surface area contributed by atoms with E-state index in [1.54, 1.807) is 0 Å². The summed E-state index contributed by atoms with van der Waals surface area (Å²) in [4.78, 5) is 14.0. The normalized spacial score (nSPS) is 31.8. The van der Waals surface area contributed by atoms with Crippen molar-refractivity contribution in [2.75, 3.05) is 26.2 Å². The molecule has 0 spiro atoms. The summed E-state index contributed by atoms with van der Waals surface area (Å²) in [5, 5.41) is 14.1. The number of likely N-dealkylation sites (tertiary alicyclic amines) is 1. The summed E-state index contributed by atoms with van der Waals surface area (Å²) >= 11 is 0. The summed E-state index contributed by atoms with van der Waals surface area (Å²) in [7, 11) is 0. The van der Waals surface area contributed by atoms with E-state index in [1.165, 1.54) is 0 Å². The SMILES string of the molecule is CC1CCC(O)(CNCC2CCCN(C(=O)OC(C)(C)C)C2)CC1. The number of ether oxygens (including phenoxy) is 1. The second-order valence-electron chi connectivity index (χ2n) is 8.97. The van der Waals surface area contributed by atoms with Crippen LogP contribution < -0.4 is 5.32 Å². The second kappa shape index (κ2) is 8.05. The number of carbonyl (C=O) groups is 1. The molecule has 0 aromatic rings. The third-order valence-corrected chi connectivity index (χ3v) is 5.26. The van der Waals surface area contributed by atoms with E-state index in [0.29, 0.717) is 12.5 Å². The summed E-state index contributed by atoms with van der Waals surface area (Å²) in [5.41, 5.74) is -0.976. The average Bonchev–Trinajstić information content (AvgIpc) is 2.49. The lowest BCUT2D eigenvalue weighted by Crippen LogP contribution is -2.48. The van der Waals surface area contributed by atoms with Crippen molar-refractivity contribution in [1.29, 1.82) is 0 Å². The molecule has 1 aliphatic carbocycles. The van der Waals surface area contributed by atoms with E-state index in [-0.39, 0.29) is 6.09 Å². The van der Waals surface area contributed by atoms with Crippen molar-refractivity contribution in [1.82, 2.24) is 10.2 Å². The maximum Gasteiger partial charge on any atom is 0.410 e. The van der Waals surface area contributed by atoms with Gasteiger partial charge in [0, 0.05) is 19.6 Å². The van der Waals surface area contributed by atoms with E-state index in [0.717, 1.165) is 64.1 Å². The maximum absolute atomic E-state index is 12.2. The Kier molecular flexibility index (Phi) is 6.54. The number of nitrogens with zero attached hydrogens (tertiary/aromatic N) is 1. The third-order valence-electron chi connectivity index (χ3n) is 5.26. The van der Waals surface area contributed by atoms with Gasteiger partial charge in [-0.3, -0.25) is 0 Å². The van der Waals surface area contributed by atoms with Gasteiger partial charge in [-0.15, -0.1) is 0 Å². The molecule has 5 nitrogen and oxygen atoms in total. The van der Waals surface area contributed by atoms with Crippen LogP contribution in [0, 0.1) is 11.8 Å². The van der Waals surface area contributed by atoms with Crippen LogP contribution in [-0.4, -0.2) is 53.5 Å². The Morgan fingerprint density at radius 2 is 1.96 bits per heavy atom. The first-order valence-electron chi connectivity index (χ1n) is 9.58. The van der Waals surface area contributed by atoms with Gasteiger partial charge in [0.05, 0.1) is 5.60 Å². The summed E-state index contributed by atoms with van der Waals surface area (Å²) in [6, 6.07) is 0. The van der Waals surface area contributed by atoms with Crippen LogP contribution in [0.2, 0.25) is 0 Å². The number of amides is 1. The van der Waals surface area contributed by atoms with Gasteiger partial charge < -0.3 is 20.1 Å². The topological polar surface area (TPSA) is 61.8 Å². The lowest BCUT2D eigenvalue weighted by molar-refractivity contribution is -0.00816. The van der Waals surface area contributed by atoms with Crippen LogP contribution >= 0.6 is 0 Å². The van der Waals surface area contributed by atoms with Gasteiger partial charge in [-0.05, 0) is 77.7 Å². The van der Waals surface area contributed by atoms with Gasteiger partial charge in [0.1, 0.15) is 5.60 Å². The quantitative estimate of drug-likeness (QED) is 0.825. The van der Waals surface area contributed by atoms with Gasteiger partial charge in [-0.2, -0.15) is 0 Å². The fourth-order valence-corrected chi connectivity index (χ4v) is 3.71. The molecule has 1 atom stereocenters. The fourth-order valence-electron chi connectivity index (χ4n) is 3.71. The highest BCUT2D eigenvalue weighted by molar-refractivity contribution is 5.68. The number of carbonyl (C=O) groups excluding carboxylic acids is 1. The van der Waals surface area contributed by atoms with Crippen molar-refractivity contribution in [3.05, 3.63) is 0 Å². The molecular formula is C19H36N2O3. The molecular weight excluding hydrogens is 304 g/mol. The van der Waals surface area contributed by atoms with E-state index in [9.17, 15) is 9.90 Å². The molecule has 0 aromatic heterocycles. The number of hydrogen-bond donors (Lipinski definition) is 2. The summed E-state index contributed by atoms with van der Waals surface area (Å²) in [6.45, 7) is 11.0. The van der Waals surface area contributed by atoms with E-state index < -0.39 is 11.2 Å². The van der Waals surface area contributed by atoms with Crippen LogP contribution in [0.5, 0.6) is 0 Å². The fraction of sp³-hybridized carbons (Fsp3) is 0.947. The van der Waals surface area contributed by atoms with Crippen molar-refractivity contribution in [2.45, 2.75) is 77.4 Å². The van der Waals surface area contributed by atoms with Crippen molar-refractivity contribution >= 4 is 6.09 Å². The molecule has 2 fully saturated rings. The lowest BCUT2D eigenvalue weighted by Gasteiger charge is -2.37. The van der Waals surface area contributed by atoms with Crippen LogP contribution in [0.3, 0.4) is 0 Å². The number of piperidine rings is 1. The minimum absolute atomic E-state index is 0.202. The molecule has 1 aliphatic heterocycles. The standard InChI is InChI=1S/C19H36N2O3/c1-15-7-9-19(23,10-8-15)14-20-12-16-6-5-11-21(13-16)17(22)24-18(2,3)4/h15-16,20,23H,5-14H2,1-4H3. The first kappa shape index (κ1) is 19.5.